The van der Waals surface area contributed by atoms with Crippen molar-refractivity contribution in [3.8, 4) is 0 Å². The van der Waals surface area contributed by atoms with Gasteiger partial charge in [-0.05, 0) is 25.3 Å². The molecule has 1 aliphatic heterocycles. The van der Waals surface area contributed by atoms with Gasteiger partial charge in [0.05, 0.1) is 29.8 Å². The second-order valence-electron chi connectivity index (χ2n) is 4.94. The van der Waals surface area contributed by atoms with Crippen molar-refractivity contribution >= 4 is 10.0 Å². The third-order valence-electron chi connectivity index (χ3n) is 3.50. The summed E-state index contributed by atoms with van der Waals surface area (Å²) in [4.78, 5) is 0. The van der Waals surface area contributed by atoms with Gasteiger partial charge in [0.2, 0.25) is 10.0 Å². The van der Waals surface area contributed by atoms with Gasteiger partial charge in [0.1, 0.15) is 0 Å². The summed E-state index contributed by atoms with van der Waals surface area (Å²) in [5, 5.41) is 13.2. The molecule has 18 heavy (non-hydrogen) atoms. The normalized spacial score (nSPS) is 21.6. The molecule has 0 spiro atoms. The Hall–Kier alpha value is -0.920. The van der Waals surface area contributed by atoms with E-state index in [1.807, 2.05) is 4.68 Å². The fourth-order valence-electron chi connectivity index (χ4n) is 2.36. The Bertz CT molecular complexity index is 548. The van der Waals surface area contributed by atoms with Gasteiger partial charge in [0.15, 0.2) is 0 Å². The van der Waals surface area contributed by atoms with Gasteiger partial charge < -0.3 is 5.11 Å². The summed E-state index contributed by atoms with van der Waals surface area (Å²) in [6, 6.07) is 1.79. The number of aryl methyl sites for hydroxylation is 1. The molecular formula is C11H17N3O3S. The predicted octanol–water partition coefficient (Wildman–Crippen LogP) is 0.0733. The Morgan fingerprint density at radius 3 is 2.83 bits per heavy atom. The molecule has 0 saturated heterocycles. The summed E-state index contributed by atoms with van der Waals surface area (Å²) in [5.74, 6) is 0. The molecule has 1 saturated carbocycles. The number of aromatic nitrogens is 2. The van der Waals surface area contributed by atoms with E-state index in [-0.39, 0.29) is 11.9 Å². The first-order chi connectivity index (χ1) is 8.61. The van der Waals surface area contributed by atoms with Gasteiger partial charge >= 0.3 is 0 Å². The van der Waals surface area contributed by atoms with Crippen molar-refractivity contribution in [2.45, 2.75) is 44.2 Å². The summed E-state index contributed by atoms with van der Waals surface area (Å²) in [7, 11) is -3.12. The fraction of sp³-hybridized carbons (Fsp3) is 0.727. The van der Waals surface area contributed by atoms with Gasteiger partial charge in [-0.2, -0.15) is 9.40 Å². The lowest BCUT2D eigenvalue weighted by Crippen LogP contribution is -2.33. The molecule has 7 heteroatoms. The molecule has 3 rings (SSSR count). The lowest BCUT2D eigenvalue weighted by molar-refractivity contribution is 0.275. The highest BCUT2D eigenvalue weighted by Gasteiger charge is 2.40. The first-order valence-corrected chi connectivity index (χ1v) is 7.77. The molecule has 1 N–H and O–H groups in total. The van der Waals surface area contributed by atoms with E-state index < -0.39 is 10.0 Å². The van der Waals surface area contributed by atoms with Gasteiger partial charge in [-0.25, -0.2) is 8.42 Å². The van der Waals surface area contributed by atoms with Crippen molar-refractivity contribution in [1.29, 1.82) is 0 Å². The van der Waals surface area contributed by atoms with Crippen LogP contribution in [0.1, 0.15) is 30.7 Å². The second-order valence-corrected chi connectivity index (χ2v) is 7.15. The predicted molar refractivity (Wildman–Crippen MR) is 65.1 cm³/mol. The maximum atomic E-state index is 12.2. The van der Waals surface area contributed by atoms with Crippen molar-refractivity contribution in [3.63, 3.8) is 0 Å². The Labute approximate surface area is 106 Å². The minimum atomic E-state index is -3.12. The summed E-state index contributed by atoms with van der Waals surface area (Å²) in [5.41, 5.74) is 1.48. The van der Waals surface area contributed by atoms with Crippen LogP contribution in [0.15, 0.2) is 6.07 Å². The van der Waals surface area contributed by atoms with E-state index in [4.69, 9.17) is 5.11 Å². The topological polar surface area (TPSA) is 75.4 Å². The number of aliphatic hydroxyl groups excluding tert-OH is 1. The van der Waals surface area contributed by atoms with Crippen molar-refractivity contribution in [3.05, 3.63) is 17.5 Å². The van der Waals surface area contributed by atoms with Crippen LogP contribution in [-0.2, 0) is 29.7 Å². The van der Waals surface area contributed by atoms with E-state index >= 15 is 0 Å². The number of nitrogens with zero attached hydrogens (tertiary/aromatic N) is 3. The zero-order chi connectivity index (χ0) is 12.8. The van der Waals surface area contributed by atoms with E-state index in [0.717, 1.165) is 25.0 Å². The van der Waals surface area contributed by atoms with E-state index in [1.165, 1.54) is 0 Å². The minimum absolute atomic E-state index is 0.102. The largest absolute Gasteiger partial charge is 0.390 e. The Kier molecular flexibility index (Phi) is 2.91. The molecular weight excluding hydrogens is 254 g/mol. The quantitative estimate of drug-likeness (QED) is 0.844. The number of aliphatic hydroxyl groups is 1. The van der Waals surface area contributed by atoms with E-state index in [0.29, 0.717) is 25.3 Å². The number of fused-ring (bicyclic) bond motifs is 1. The summed E-state index contributed by atoms with van der Waals surface area (Å²) < 4.78 is 27.9. The number of rotatable bonds is 3. The van der Waals surface area contributed by atoms with E-state index in [2.05, 4.69) is 5.10 Å². The van der Waals surface area contributed by atoms with Crippen LogP contribution in [0.3, 0.4) is 0 Å². The molecule has 0 bridgehead atoms. The molecule has 0 amide bonds. The molecule has 2 heterocycles. The SMILES string of the molecule is O=S(=O)(C1CC1)N1CCCn2nc(CO)cc2C1. The highest BCUT2D eigenvalue weighted by Crippen LogP contribution is 2.32. The number of hydrogen-bond acceptors (Lipinski definition) is 4. The van der Waals surface area contributed by atoms with E-state index in [9.17, 15) is 8.42 Å². The molecule has 1 aromatic heterocycles. The molecule has 0 aromatic carbocycles. The molecule has 100 valence electrons. The Balaban J connectivity index is 1.87. The Morgan fingerprint density at radius 2 is 2.17 bits per heavy atom. The summed E-state index contributed by atoms with van der Waals surface area (Å²) >= 11 is 0. The third-order valence-corrected chi connectivity index (χ3v) is 5.84. The highest BCUT2D eigenvalue weighted by atomic mass is 32.2. The smallest absolute Gasteiger partial charge is 0.217 e. The van der Waals surface area contributed by atoms with Gasteiger partial charge in [-0.15, -0.1) is 0 Å². The average molecular weight is 271 g/mol. The third kappa shape index (κ3) is 2.06. The van der Waals surface area contributed by atoms with E-state index in [1.54, 1.807) is 10.4 Å². The average Bonchev–Trinajstić information content (AvgIpc) is 3.14. The van der Waals surface area contributed by atoms with Crippen LogP contribution in [0.5, 0.6) is 0 Å². The van der Waals surface area contributed by atoms with Crippen LogP contribution in [0.2, 0.25) is 0 Å². The Morgan fingerprint density at radius 1 is 1.39 bits per heavy atom. The van der Waals surface area contributed by atoms with Crippen molar-refractivity contribution in [1.82, 2.24) is 14.1 Å². The molecule has 1 aromatic rings. The van der Waals surface area contributed by atoms with Crippen molar-refractivity contribution in [2.75, 3.05) is 6.54 Å². The molecule has 0 radical (unpaired) electrons. The molecule has 1 fully saturated rings. The van der Waals surface area contributed by atoms with Gasteiger partial charge in [0.25, 0.3) is 0 Å². The number of sulfonamides is 1. The minimum Gasteiger partial charge on any atom is -0.390 e. The fourth-order valence-corrected chi connectivity index (χ4v) is 4.21. The highest BCUT2D eigenvalue weighted by molar-refractivity contribution is 7.90. The molecule has 2 aliphatic rings. The zero-order valence-corrected chi connectivity index (χ0v) is 10.9. The lowest BCUT2D eigenvalue weighted by Gasteiger charge is -2.19. The van der Waals surface area contributed by atoms with Crippen molar-refractivity contribution in [2.24, 2.45) is 0 Å². The molecule has 0 unspecified atom stereocenters. The number of hydrogen-bond donors (Lipinski definition) is 1. The molecule has 6 nitrogen and oxygen atoms in total. The van der Waals surface area contributed by atoms with Crippen LogP contribution in [-0.4, -0.2) is 39.4 Å². The summed E-state index contributed by atoms with van der Waals surface area (Å²) in [6.07, 6.45) is 2.35. The van der Waals surface area contributed by atoms with Crippen LogP contribution in [0, 0.1) is 0 Å². The van der Waals surface area contributed by atoms with Gasteiger partial charge in [-0.1, -0.05) is 0 Å². The standard InChI is InChI=1S/C11H17N3O3S/c15-8-9-6-10-7-13(4-1-5-14(10)12-9)18(16,17)11-2-3-11/h6,11,15H,1-5,7-8H2. The van der Waals surface area contributed by atoms with Gasteiger partial charge in [-0.3, -0.25) is 4.68 Å². The van der Waals surface area contributed by atoms with Crippen LogP contribution < -0.4 is 0 Å². The maximum absolute atomic E-state index is 12.2. The summed E-state index contributed by atoms with van der Waals surface area (Å²) in [6.45, 7) is 1.56. The van der Waals surface area contributed by atoms with Crippen LogP contribution in [0.25, 0.3) is 0 Å². The zero-order valence-electron chi connectivity index (χ0n) is 10.1. The first kappa shape index (κ1) is 12.1. The first-order valence-electron chi connectivity index (χ1n) is 6.26. The maximum Gasteiger partial charge on any atom is 0.217 e. The molecule has 1 aliphatic carbocycles. The van der Waals surface area contributed by atoms with Crippen LogP contribution in [0.4, 0.5) is 0 Å². The second kappa shape index (κ2) is 4.32. The monoisotopic (exact) mass is 271 g/mol. The van der Waals surface area contributed by atoms with Crippen LogP contribution >= 0.6 is 0 Å². The van der Waals surface area contributed by atoms with Crippen molar-refractivity contribution < 1.29 is 13.5 Å². The lowest BCUT2D eigenvalue weighted by atomic mass is 10.3. The molecule has 0 atom stereocenters. The van der Waals surface area contributed by atoms with Gasteiger partial charge in [0, 0.05) is 13.1 Å².